The molecular weight excluding hydrogens is 326 g/mol. The first kappa shape index (κ1) is 19.0. The van der Waals surface area contributed by atoms with Crippen molar-refractivity contribution in [3.8, 4) is 0 Å². The third kappa shape index (κ3) is 4.83. The molecule has 0 atom stereocenters. The van der Waals surface area contributed by atoms with Crippen LogP contribution in [0.5, 0.6) is 0 Å². The third-order valence-corrected chi connectivity index (χ3v) is 3.57. The summed E-state index contributed by atoms with van der Waals surface area (Å²) in [7, 11) is 0. The second-order valence-corrected chi connectivity index (χ2v) is 5.55. The number of carbonyl (C=O) groups is 2. The van der Waals surface area contributed by atoms with Crippen molar-refractivity contribution >= 4 is 40.0 Å². The summed E-state index contributed by atoms with van der Waals surface area (Å²) in [5.74, 6) is -0.202. The highest BCUT2D eigenvalue weighted by Gasteiger charge is 2.07. The summed E-state index contributed by atoms with van der Waals surface area (Å²) in [5.41, 5.74) is 9.26. The zero-order valence-electron chi connectivity index (χ0n) is 15.2. The summed E-state index contributed by atoms with van der Waals surface area (Å²) < 4.78 is 0. The van der Waals surface area contributed by atoms with E-state index < -0.39 is 0 Å². The van der Waals surface area contributed by atoms with Crippen molar-refractivity contribution in [2.24, 2.45) is 0 Å². The van der Waals surface area contributed by atoms with Gasteiger partial charge in [-0.25, -0.2) is 0 Å². The molecule has 3 rings (SSSR count). The van der Waals surface area contributed by atoms with Gasteiger partial charge in [0.05, 0.1) is 0 Å². The molecule has 0 saturated heterocycles. The minimum atomic E-state index is -0.193. The Hall–Kier alpha value is -3.34. The number of ketones is 1. The molecule has 1 aromatic heterocycles. The predicted molar refractivity (Wildman–Crippen MR) is 108 cm³/mol. The van der Waals surface area contributed by atoms with Crippen LogP contribution in [-0.4, -0.2) is 16.7 Å². The highest BCUT2D eigenvalue weighted by Crippen LogP contribution is 2.21. The van der Waals surface area contributed by atoms with Gasteiger partial charge in [0.1, 0.15) is 0 Å². The Morgan fingerprint density at radius 2 is 1.73 bits per heavy atom. The number of amides is 1. The molecule has 26 heavy (non-hydrogen) atoms. The largest absolute Gasteiger partial charge is 0.399 e. The van der Waals surface area contributed by atoms with Gasteiger partial charge in [-0.3, -0.25) is 9.59 Å². The van der Waals surface area contributed by atoms with Crippen LogP contribution in [-0.2, 0) is 4.79 Å². The minimum Gasteiger partial charge on any atom is -0.399 e. The Bertz CT molecular complexity index is 938. The number of nitrogens with two attached hydrogens (primary N) is 1. The molecule has 0 bridgehead atoms. The number of aromatic amines is 1. The van der Waals surface area contributed by atoms with Crippen LogP contribution < -0.4 is 11.1 Å². The van der Waals surface area contributed by atoms with Crippen LogP contribution in [0.25, 0.3) is 17.0 Å². The number of benzene rings is 2. The maximum atomic E-state index is 12.2. The number of hydrogen-bond donors (Lipinski definition) is 3. The fourth-order valence-corrected chi connectivity index (χ4v) is 2.37. The fraction of sp³-hybridized carbons (Fsp3) is 0.143. The number of nitrogens with one attached hydrogen (secondary N) is 2. The van der Waals surface area contributed by atoms with E-state index in [2.05, 4.69) is 10.3 Å². The zero-order chi connectivity index (χ0) is 19.1. The quantitative estimate of drug-likeness (QED) is 0.474. The molecule has 0 aliphatic carbocycles. The topological polar surface area (TPSA) is 88.0 Å². The SMILES string of the molecule is CC.CC(=O)/C=C/c1cc2cc(NC(=O)c3ccc(N)cc3)ccc2[nH]1. The highest BCUT2D eigenvalue weighted by atomic mass is 16.1. The number of aromatic nitrogens is 1. The second kappa shape index (κ2) is 8.67. The number of carbonyl (C=O) groups excluding carboxylic acids is 2. The summed E-state index contributed by atoms with van der Waals surface area (Å²) in [5, 5.41) is 3.82. The molecule has 1 heterocycles. The maximum Gasteiger partial charge on any atom is 0.255 e. The molecule has 0 spiro atoms. The van der Waals surface area contributed by atoms with Gasteiger partial charge in [-0.1, -0.05) is 13.8 Å². The number of hydrogen-bond acceptors (Lipinski definition) is 3. The van der Waals surface area contributed by atoms with E-state index in [1.165, 1.54) is 13.0 Å². The van der Waals surface area contributed by atoms with Gasteiger partial charge in [-0.2, -0.15) is 0 Å². The number of anilines is 2. The van der Waals surface area contributed by atoms with Gasteiger partial charge in [0, 0.05) is 33.5 Å². The molecule has 0 fully saturated rings. The van der Waals surface area contributed by atoms with Crippen molar-refractivity contribution in [1.82, 2.24) is 4.98 Å². The van der Waals surface area contributed by atoms with Crippen LogP contribution in [0, 0.1) is 0 Å². The Morgan fingerprint density at radius 3 is 2.38 bits per heavy atom. The van der Waals surface area contributed by atoms with Crippen LogP contribution in [0.1, 0.15) is 36.8 Å². The molecule has 3 aromatic rings. The number of H-pyrrole nitrogens is 1. The van der Waals surface area contributed by atoms with Gasteiger partial charge in [-0.05, 0) is 67.6 Å². The average molecular weight is 349 g/mol. The lowest BCUT2D eigenvalue weighted by atomic mass is 10.2. The summed E-state index contributed by atoms with van der Waals surface area (Å²) in [6.07, 6.45) is 3.24. The fourth-order valence-electron chi connectivity index (χ4n) is 2.37. The lowest BCUT2D eigenvalue weighted by Gasteiger charge is -2.05. The van der Waals surface area contributed by atoms with Crippen molar-refractivity contribution in [2.75, 3.05) is 11.1 Å². The number of nitrogen functional groups attached to an aromatic ring is 1. The van der Waals surface area contributed by atoms with E-state index in [1.807, 2.05) is 38.1 Å². The van der Waals surface area contributed by atoms with E-state index in [0.717, 1.165) is 16.6 Å². The van der Waals surface area contributed by atoms with E-state index in [0.29, 0.717) is 16.9 Å². The summed E-state index contributed by atoms with van der Waals surface area (Å²) in [6, 6.07) is 14.3. The minimum absolute atomic E-state index is 0.00916. The number of allylic oxidation sites excluding steroid dienone is 1. The Kier molecular flexibility index (Phi) is 6.33. The van der Waals surface area contributed by atoms with Crippen molar-refractivity contribution in [1.29, 1.82) is 0 Å². The van der Waals surface area contributed by atoms with Crippen molar-refractivity contribution in [2.45, 2.75) is 20.8 Å². The van der Waals surface area contributed by atoms with Gasteiger partial charge >= 0.3 is 0 Å². The Balaban J connectivity index is 0.00000117. The lowest BCUT2D eigenvalue weighted by molar-refractivity contribution is -0.112. The molecule has 0 aliphatic rings. The lowest BCUT2D eigenvalue weighted by Crippen LogP contribution is -2.11. The maximum absolute atomic E-state index is 12.2. The van der Waals surface area contributed by atoms with E-state index in [9.17, 15) is 9.59 Å². The monoisotopic (exact) mass is 349 g/mol. The van der Waals surface area contributed by atoms with Crippen LogP contribution in [0.4, 0.5) is 11.4 Å². The third-order valence-electron chi connectivity index (χ3n) is 3.57. The van der Waals surface area contributed by atoms with E-state index >= 15 is 0 Å². The number of rotatable bonds is 4. The molecule has 134 valence electrons. The van der Waals surface area contributed by atoms with Gasteiger partial charge in [0.25, 0.3) is 5.91 Å². The van der Waals surface area contributed by atoms with Crippen LogP contribution >= 0.6 is 0 Å². The van der Waals surface area contributed by atoms with Crippen LogP contribution in [0.15, 0.2) is 54.6 Å². The Morgan fingerprint density at radius 1 is 1.04 bits per heavy atom. The van der Waals surface area contributed by atoms with Crippen LogP contribution in [0.2, 0.25) is 0 Å². The van der Waals surface area contributed by atoms with E-state index in [1.54, 1.807) is 30.3 Å². The van der Waals surface area contributed by atoms with Crippen LogP contribution in [0.3, 0.4) is 0 Å². The van der Waals surface area contributed by atoms with Gasteiger partial charge < -0.3 is 16.0 Å². The molecule has 4 N–H and O–H groups in total. The van der Waals surface area contributed by atoms with Crippen molar-refractivity contribution in [3.63, 3.8) is 0 Å². The Labute approximate surface area is 152 Å². The first-order valence-electron chi connectivity index (χ1n) is 8.49. The number of fused-ring (bicyclic) bond motifs is 1. The molecule has 0 unspecified atom stereocenters. The molecule has 5 nitrogen and oxygen atoms in total. The highest BCUT2D eigenvalue weighted by molar-refractivity contribution is 6.05. The standard InChI is InChI=1S/C19H17N3O2.C2H6/c1-12(23)2-7-16-10-14-11-17(8-9-18(14)21-16)22-19(24)13-3-5-15(20)6-4-13;1-2/h2-11,21H,20H2,1H3,(H,22,24);1-2H3/b7-2+;. The first-order chi connectivity index (χ1) is 12.5. The van der Waals surface area contributed by atoms with Gasteiger partial charge in [0.15, 0.2) is 5.78 Å². The normalized spacial score (nSPS) is 10.4. The average Bonchev–Trinajstić information content (AvgIpc) is 3.04. The van der Waals surface area contributed by atoms with Crippen molar-refractivity contribution in [3.05, 3.63) is 65.9 Å². The summed E-state index contributed by atoms with van der Waals surface area (Å²) in [6.45, 7) is 5.50. The van der Waals surface area contributed by atoms with E-state index in [-0.39, 0.29) is 11.7 Å². The smallest absolute Gasteiger partial charge is 0.255 e. The molecule has 0 aliphatic heterocycles. The second-order valence-electron chi connectivity index (χ2n) is 5.55. The molecule has 0 saturated carbocycles. The van der Waals surface area contributed by atoms with Crippen molar-refractivity contribution < 1.29 is 9.59 Å². The first-order valence-corrected chi connectivity index (χ1v) is 8.49. The van der Waals surface area contributed by atoms with E-state index in [4.69, 9.17) is 5.73 Å². The molecule has 0 radical (unpaired) electrons. The van der Waals surface area contributed by atoms with Gasteiger partial charge in [0.2, 0.25) is 0 Å². The van der Waals surface area contributed by atoms with Gasteiger partial charge in [-0.15, -0.1) is 0 Å². The molecule has 1 amide bonds. The molecule has 2 aromatic carbocycles. The molecular formula is C21H23N3O2. The summed E-state index contributed by atoms with van der Waals surface area (Å²) in [4.78, 5) is 26.4. The molecule has 5 heteroatoms. The zero-order valence-corrected chi connectivity index (χ0v) is 15.2. The predicted octanol–water partition coefficient (Wildman–Crippen LogP) is 4.63. The summed E-state index contributed by atoms with van der Waals surface area (Å²) >= 11 is 0.